The molecule has 0 aliphatic carbocycles. The lowest BCUT2D eigenvalue weighted by Crippen LogP contribution is -2.41. The molecule has 54 valence electrons. The summed E-state index contributed by atoms with van der Waals surface area (Å²) in [7, 11) is -2.70. The third-order valence-corrected chi connectivity index (χ3v) is 4.32. The predicted molar refractivity (Wildman–Crippen MR) is 44.5 cm³/mol. The number of alkyl halides is 1. The highest BCUT2D eigenvalue weighted by molar-refractivity contribution is 14.1. The standard InChI is InChI=1S/C4H8INO2S/c5-4-3-9(7,8)2-1-6-4/h4,6H,1-3H2/t4-/m1/s1. The van der Waals surface area contributed by atoms with Crippen LogP contribution in [-0.4, -0.2) is 30.5 Å². The molecular weight excluding hydrogens is 253 g/mol. The third kappa shape index (κ3) is 2.38. The molecule has 0 radical (unpaired) electrons. The van der Waals surface area contributed by atoms with Gasteiger partial charge in [0.15, 0.2) is 9.84 Å². The van der Waals surface area contributed by atoms with Crippen molar-refractivity contribution in [3.63, 3.8) is 0 Å². The molecular formula is C4H8INO2S. The first kappa shape index (κ1) is 7.74. The van der Waals surface area contributed by atoms with Crippen molar-refractivity contribution < 1.29 is 8.42 Å². The molecule has 1 saturated heterocycles. The Labute approximate surface area is 68.3 Å². The second-order valence-corrected chi connectivity index (χ2v) is 5.77. The lowest BCUT2D eigenvalue weighted by molar-refractivity contribution is 0.574. The van der Waals surface area contributed by atoms with E-state index in [1.807, 2.05) is 0 Å². The molecule has 1 aliphatic rings. The first-order chi connectivity index (χ1) is 4.10. The van der Waals surface area contributed by atoms with Gasteiger partial charge in [-0.05, 0) is 0 Å². The first-order valence-corrected chi connectivity index (χ1v) is 5.75. The SMILES string of the molecule is O=S1(=O)CCN[C@@H](I)C1. The molecule has 1 rings (SSSR count). The highest BCUT2D eigenvalue weighted by Gasteiger charge is 2.21. The van der Waals surface area contributed by atoms with Crippen LogP contribution in [0.5, 0.6) is 0 Å². The summed E-state index contributed by atoms with van der Waals surface area (Å²) in [6, 6.07) is 0. The summed E-state index contributed by atoms with van der Waals surface area (Å²) in [6.07, 6.45) is 0. The van der Waals surface area contributed by atoms with Crippen LogP contribution in [0.2, 0.25) is 0 Å². The monoisotopic (exact) mass is 261 g/mol. The van der Waals surface area contributed by atoms with Gasteiger partial charge in [-0.1, -0.05) is 22.6 Å². The Morgan fingerprint density at radius 3 is 2.56 bits per heavy atom. The van der Waals surface area contributed by atoms with Gasteiger partial charge in [-0.25, -0.2) is 8.42 Å². The number of halogens is 1. The van der Waals surface area contributed by atoms with Gasteiger partial charge in [-0.3, -0.25) is 0 Å². The van der Waals surface area contributed by atoms with E-state index in [-0.39, 0.29) is 9.80 Å². The van der Waals surface area contributed by atoms with Crippen LogP contribution in [-0.2, 0) is 9.84 Å². The van der Waals surface area contributed by atoms with E-state index in [0.29, 0.717) is 12.3 Å². The molecule has 0 aromatic carbocycles. The van der Waals surface area contributed by atoms with E-state index in [1.165, 1.54) is 0 Å². The Morgan fingerprint density at radius 1 is 1.56 bits per heavy atom. The predicted octanol–water partition coefficient (Wildman–Crippen LogP) is -0.234. The minimum Gasteiger partial charge on any atom is -0.304 e. The second-order valence-electron chi connectivity index (χ2n) is 2.04. The van der Waals surface area contributed by atoms with Crippen LogP contribution in [0.1, 0.15) is 0 Å². The van der Waals surface area contributed by atoms with E-state index >= 15 is 0 Å². The van der Waals surface area contributed by atoms with Crippen molar-refractivity contribution in [2.75, 3.05) is 18.1 Å². The van der Waals surface area contributed by atoms with E-state index in [1.54, 1.807) is 0 Å². The summed E-state index contributed by atoms with van der Waals surface area (Å²) in [4.78, 5) is 0. The fraction of sp³-hybridized carbons (Fsp3) is 1.00. The quantitative estimate of drug-likeness (QED) is 0.372. The van der Waals surface area contributed by atoms with E-state index < -0.39 is 9.84 Å². The lowest BCUT2D eigenvalue weighted by atomic mass is 10.6. The molecule has 0 spiro atoms. The van der Waals surface area contributed by atoms with Crippen LogP contribution in [0.3, 0.4) is 0 Å². The van der Waals surface area contributed by atoms with E-state index in [2.05, 4.69) is 27.9 Å². The van der Waals surface area contributed by atoms with Crippen molar-refractivity contribution in [3.05, 3.63) is 0 Å². The summed E-state index contributed by atoms with van der Waals surface area (Å²) >= 11 is 2.09. The molecule has 0 saturated carbocycles. The Balaban J connectivity index is 2.62. The van der Waals surface area contributed by atoms with Crippen LogP contribution in [0.25, 0.3) is 0 Å². The summed E-state index contributed by atoms with van der Waals surface area (Å²) in [5.41, 5.74) is 0. The van der Waals surface area contributed by atoms with Crippen LogP contribution >= 0.6 is 22.6 Å². The zero-order valence-corrected chi connectivity index (χ0v) is 7.78. The molecule has 0 aromatic heterocycles. The van der Waals surface area contributed by atoms with Gasteiger partial charge in [0.2, 0.25) is 0 Å². The number of hydrogen-bond acceptors (Lipinski definition) is 3. The minimum atomic E-state index is -2.70. The van der Waals surface area contributed by atoms with Gasteiger partial charge >= 0.3 is 0 Å². The van der Waals surface area contributed by atoms with Crippen molar-refractivity contribution >= 4 is 32.4 Å². The average molecular weight is 261 g/mol. The molecule has 9 heavy (non-hydrogen) atoms. The summed E-state index contributed by atoms with van der Waals surface area (Å²) in [5, 5.41) is 3.05. The molecule has 1 aliphatic heterocycles. The number of nitrogens with one attached hydrogen (secondary N) is 1. The molecule has 0 bridgehead atoms. The fourth-order valence-corrected chi connectivity index (χ4v) is 3.85. The Kier molecular flexibility index (Phi) is 2.33. The van der Waals surface area contributed by atoms with Gasteiger partial charge in [-0.2, -0.15) is 0 Å². The maximum absolute atomic E-state index is 10.8. The number of hydrogen-bond donors (Lipinski definition) is 1. The zero-order valence-electron chi connectivity index (χ0n) is 4.80. The molecule has 0 aromatic rings. The molecule has 1 N–H and O–H groups in total. The molecule has 0 amide bonds. The fourth-order valence-electron chi connectivity index (χ4n) is 0.736. The average Bonchev–Trinajstić information content (AvgIpc) is 1.60. The zero-order chi connectivity index (χ0) is 6.91. The van der Waals surface area contributed by atoms with Gasteiger partial charge in [-0.15, -0.1) is 0 Å². The largest absolute Gasteiger partial charge is 0.304 e. The van der Waals surface area contributed by atoms with E-state index in [4.69, 9.17) is 0 Å². The minimum absolute atomic E-state index is 0.112. The van der Waals surface area contributed by atoms with Crippen LogP contribution in [0.4, 0.5) is 0 Å². The second kappa shape index (κ2) is 2.71. The molecule has 0 unspecified atom stereocenters. The maximum Gasteiger partial charge on any atom is 0.153 e. The van der Waals surface area contributed by atoms with Gasteiger partial charge in [0.1, 0.15) is 0 Å². The molecule has 1 fully saturated rings. The van der Waals surface area contributed by atoms with Crippen molar-refractivity contribution in [1.29, 1.82) is 0 Å². The van der Waals surface area contributed by atoms with Crippen LogP contribution < -0.4 is 5.32 Å². The van der Waals surface area contributed by atoms with Crippen LogP contribution in [0.15, 0.2) is 0 Å². The van der Waals surface area contributed by atoms with Crippen molar-refractivity contribution in [2.24, 2.45) is 0 Å². The van der Waals surface area contributed by atoms with E-state index in [0.717, 1.165) is 0 Å². The maximum atomic E-state index is 10.8. The Bertz CT molecular complexity index is 189. The summed E-state index contributed by atoms with van der Waals surface area (Å²) < 4.78 is 21.7. The third-order valence-electron chi connectivity index (χ3n) is 1.18. The van der Waals surface area contributed by atoms with Gasteiger partial charge in [0.25, 0.3) is 0 Å². The van der Waals surface area contributed by atoms with Crippen LogP contribution in [0, 0.1) is 0 Å². The normalized spacial score (nSPS) is 34.1. The van der Waals surface area contributed by atoms with Gasteiger partial charge < -0.3 is 5.32 Å². The Morgan fingerprint density at radius 2 is 2.22 bits per heavy atom. The van der Waals surface area contributed by atoms with Crippen molar-refractivity contribution in [2.45, 2.75) is 4.05 Å². The molecule has 5 heteroatoms. The highest BCUT2D eigenvalue weighted by atomic mass is 127. The molecule has 1 heterocycles. The van der Waals surface area contributed by atoms with Gasteiger partial charge in [0.05, 0.1) is 15.6 Å². The smallest absolute Gasteiger partial charge is 0.153 e. The summed E-state index contributed by atoms with van der Waals surface area (Å²) in [6.45, 7) is 0.607. The molecule has 1 atom stereocenters. The number of sulfone groups is 1. The Hall–Kier alpha value is 0.640. The lowest BCUT2D eigenvalue weighted by Gasteiger charge is -2.17. The topological polar surface area (TPSA) is 46.2 Å². The van der Waals surface area contributed by atoms with Crippen molar-refractivity contribution in [1.82, 2.24) is 5.32 Å². The van der Waals surface area contributed by atoms with Crippen molar-refractivity contribution in [3.8, 4) is 0 Å². The van der Waals surface area contributed by atoms with E-state index in [9.17, 15) is 8.42 Å². The number of rotatable bonds is 0. The molecule has 3 nitrogen and oxygen atoms in total. The van der Waals surface area contributed by atoms with Gasteiger partial charge in [0, 0.05) is 6.54 Å². The summed E-state index contributed by atoms with van der Waals surface area (Å²) in [5.74, 6) is 0.583. The first-order valence-electron chi connectivity index (χ1n) is 2.68. The highest BCUT2D eigenvalue weighted by Crippen LogP contribution is 2.06.